The van der Waals surface area contributed by atoms with Crippen molar-refractivity contribution in [2.45, 2.75) is 57.1 Å². The molecule has 170 valence electrons. The Labute approximate surface area is 194 Å². The predicted molar refractivity (Wildman–Crippen MR) is 132 cm³/mol. The Hall–Kier alpha value is -1.39. The summed E-state index contributed by atoms with van der Waals surface area (Å²) in [6, 6.07) is 21.0. The van der Waals surface area contributed by atoms with Crippen LogP contribution in [0.25, 0.3) is 0 Å². The molecule has 1 atom stereocenters. The summed E-state index contributed by atoms with van der Waals surface area (Å²) in [6.45, 7) is 7.62. The number of hydrogen-bond donors (Lipinski definition) is 1. The van der Waals surface area contributed by atoms with Gasteiger partial charge in [-0.3, -0.25) is 4.90 Å². The minimum absolute atomic E-state index is 0.0961. The zero-order chi connectivity index (χ0) is 21.9. The Morgan fingerprint density at radius 3 is 1.84 bits per heavy atom. The Balaban J connectivity index is 1.60. The lowest BCUT2D eigenvalue weighted by Gasteiger charge is -2.45. The van der Waals surface area contributed by atoms with Gasteiger partial charge in [0.15, 0.2) is 0 Å². The van der Waals surface area contributed by atoms with Crippen LogP contribution in [0, 0.1) is 0 Å². The van der Waals surface area contributed by atoms with E-state index in [1.54, 1.807) is 0 Å². The van der Waals surface area contributed by atoms with E-state index in [0.29, 0.717) is 12.8 Å². The Morgan fingerprint density at radius 1 is 0.806 bits per heavy atom. The molecule has 0 aliphatic carbocycles. The lowest BCUT2D eigenvalue weighted by molar-refractivity contribution is -0.0530. The number of unbranched alkanes of at least 4 members (excludes halogenated alkanes) is 3. The Bertz CT molecular complexity index is 690. The van der Waals surface area contributed by atoms with E-state index < -0.39 is 5.60 Å². The summed E-state index contributed by atoms with van der Waals surface area (Å²) in [6.07, 6.45) is 6.26. The highest BCUT2D eigenvalue weighted by Gasteiger charge is 2.38. The van der Waals surface area contributed by atoms with Crippen LogP contribution in [0.1, 0.15) is 43.7 Å². The fraction of sp³-hybridized carbons (Fsp3) is 0.556. The van der Waals surface area contributed by atoms with Crippen molar-refractivity contribution in [3.8, 4) is 0 Å². The summed E-state index contributed by atoms with van der Waals surface area (Å²) >= 11 is 5.78. The van der Waals surface area contributed by atoms with E-state index >= 15 is 0 Å². The van der Waals surface area contributed by atoms with Gasteiger partial charge in [-0.25, -0.2) is 0 Å². The molecule has 1 saturated heterocycles. The number of piperazine rings is 1. The fourth-order valence-corrected chi connectivity index (χ4v) is 4.94. The summed E-state index contributed by atoms with van der Waals surface area (Å²) in [5.74, 6) is 0.783. The third-order valence-corrected chi connectivity index (χ3v) is 7.06. The molecule has 1 N–H and O–H groups in total. The Morgan fingerprint density at radius 2 is 1.32 bits per heavy atom. The first-order valence-corrected chi connectivity index (χ1v) is 12.5. The number of hydrogen-bond acceptors (Lipinski definition) is 3. The molecule has 31 heavy (non-hydrogen) atoms. The van der Waals surface area contributed by atoms with Gasteiger partial charge in [-0.15, -0.1) is 11.6 Å². The van der Waals surface area contributed by atoms with Crippen LogP contribution >= 0.6 is 11.6 Å². The minimum Gasteiger partial charge on any atom is -0.388 e. The van der Waals surface area contributed by atoms with Crippen molar-refractivity contribution in [1.82, 2.24) is 9.80 Å². The van der Waals surface area contributed by atoms with Crippen molar-refractivity contribution in [2.24, 2.45) is 0 Å². The molecule has 0 aromatic heterocycles. The van der Waals surface area contributed by atoms with Gasteiger partial charge in [0.1, 0.15) is 0 Å². The van der Waals surface area contributed by atoms with Gasteiger partial charge in [-0.05, 0) is 37.4 Å². The summed E-state index contributed by atoms with van der Waals surface area (Å²) in [4.78, 5) is 5.08. The summed E-state index contributed by atoms with van der Waals surface area (Å²) in [5.41, 5.74) is 1.60. The summed E-state index contributed by atoms with van der Waals surface area (Å²) in [7, 11) is 0. The average Bonchev–Trinajstić information content (AvgIpc) is 2.80. The maximum atomic E-state index is 12.0. The molecule has 0 radical (unpaired) electrons. The van der Waals surface area contributed by atoms with Crippen molar-refractivity contribution in [1.29, 1.82) is 0 Å². The highest BCUT2D eigenvalue weighted by Crippen LogP contribution is 2.27. The lowest BCUT2D eigenvalue weighted by Crippen LogP contribution is -2.59. The standard InChI is InChI=1S/C27H39ClN2O/c1-24(30-20-18-29(19-21-30)17-11-3-2-10-16-28)27(31,22-25-12-6-4-7-13-25)23-26-14-8-5-9-15-26/h4-9,12-15,24,31H,2-3,10-11,16-23H2,1H3. The van der Waals surface area contributed by atoms with Crippen molar-refractivity contribution in [2.75, 3.05) is 38.6 Å². The molecule has 3 rings (SSSR count). The van der Waals surface area contributed by atoms with Gasteiger partial charge in [0.05, 0.1) is 5.60 Å². The van der Waals surface area contributed by atoms with Gasteiger partial charge in [-0.2, -0.15) is 0 Å². The van der Waals surface area contributed by atoms with Gasteiger partial charge < -0.3 is 10.0 Å². The molecule has 2 aromatic carbocycles. The minimum atomic E-state index is -0.799. The van der Waals surface area contributed by atoms with Crippen molar-refractivity contribution in [3.05, 3.63) is 71.8 Å². The molecule has 0 bridgehead atoms. The topological polar surface area (TPSA) is 26.7 Å². The SMILES string of the molecule is CC(N1CCN(CCCCCCCl)CC1)C(O)(Cc1ccccc1)Cc1ccccc1. The normalized spacial score (nSPS) is 17.0. The number of rotatable bonds is 12. The van der Waals surface area contributed by atoms with E-state index in [1.807, 2.05) is 12.1 Å². The van der Waals surface area contributed by atoms with Crippen LogP contribution in [0.4, 0.5) is 0 Å². The molecule has 0 spiro atoms. The second-order valence-electron chi connectivity index (χ2n) is 9.09. The van der Waals surface area contributed by atoms with Crippen LogP contribution in [0.5, 0.6) is 0 Å². The zero-order valence-corrected chi connectivity index (χ0v) is 19.8. The molecule has 2 aromatic rings. The first-order valence-electron chi connectivity index (χ1n) is 11.9. The first kappa shape index (κ1) is 24.3. The third-order valence-electron chi connectivity index (χ3n) is 6.80. The molecular weight excluding hydrogens is 404 g/mol. The lowest BCUT2D eigenvalue weighted by atomic mass is 9.81. The van der Waals surface area contributed by atoms with Crippen LogP contribution in [0.3, 0.4) is 0 Å². The second kappa shape index (κ2) is 12.6. The van der Waals surface area contributed by atoms with E-state index in [9.17, 15) is 5.11 Å². The van der Waals surface area contributed by atoms with E-state index in [-0.39, 0.29) is 6.04 Å². The van der Waals surface area contributed by atoms with Gasteiger partial charge in [-0.1, -0.05) is 73.5 Å². The smallest absolute Gasteiger partial charge is 0.0879 e. The highest BCUT2D eigenvalue weighted by molar-refractivity contribution is 6.17. The van der Waals surface area contributed by atoms with Crippen molar-refractivity contribution >= 4 is 11.6 Å². The van der Waals surface area contributed by atoms with Crippen LogP contribution in [-0.2, 0) is 12.8 Å². The number of aliphatic hydroxyl groups is 1. The van der Waals surface area contributed by atoms with Gasteiger partial charge in [0.2, 0.25) is 0 Å². The van der Waals surface area contributed by atoms with Crippen molar-refractivity contribution in [3.63, 3.8) is 0 Å². The number of nitrogens with zero attached hydrogens (tertiary/aromatic N) is 2. The van der Waals surface area contributed by atoms with E-state index in [4.69, 9.17) is 11.6 Å². The van der Waals surface area contributed by atoms with E-state index in [0.717, 1.165) is 38.5 Å². The first-order chi connectivity index (χ1) is 15.1. The number of alkyl halides is 1. The predicted octanol–water partition coefficient (Wildman–Crippen LogP) is 5.01. The molecule has 0 amide bonds. The number of halogens is 1. The van der Waals surface area contributed by atoms with E-state index in [2.05, 4.69) is 65.3 Å². The quantitative estimate of drug-likeness (QED) is 0.369. The van der Waals surface area contributed by atoms with Crippen LogP contribution in [-0.4, -0.2) is 65.2 Å². The van der Waals surface area contributed by atoms with Gasteiger partial charge in [0, 0.05) is 50.9 Å². The molecule has 1 unspecified atom stereocenters. The fourth-order valence-electron chi connectivity index (χ4n) is 4.75. The molecule has 1 heterocycles. The van der Waals surface area contributed by atoms with Crippen LogP contribution < -0.4 is 0 Å². The van der Waals surface area contributed by atoms with Gasteiger partial charge >= 0.3 is 0 Å². The van der Waals surface area contributed by atoms with Gasteiger partial charge in [0.25, 0.3) is 0 Å². The largest absolute Gasteiger partial charge is 0.388 e. The molecule has 1 fully saturated rings. The Kier molecular flexibility index (Phi) is 9.86. The highest BCUT2D eigenvalue weighted by atomic mass is 35.5. The average molecular weight is 443 g/mol. The zero-order valence-electron chi connectivity index (χ0n) is 19.1. The molecule has 1 aliphatic rings. The molecule has 0 saturated carbocycles. The molecule has 4 heteroatoms. The second-order valence-corrected chi connectivity index (χ2v) is 9.46. The monoisotopic (exact) mass is 442 g/mol. The van der Waals surface area contributed by atoms with E-state index in [1.165, 1.54) is 36.9 Å². The van der Waals surface area contributed by atoms with Crippen LogP contribution in [0.2, 0.25) is 0 Å². The maximum Gasteiger partial charge on any atom is 0.0879 e. The molecular formula is C27H39ClN2O. The van der Waals surface area contributed by atoms with Crippen molar-refractivity contribution < 1.29 is 5.11 Å². The number of benzene rings is 2. The van der Waals surface area contributed by atoms with Crippen LogP contribution in [0.15, 0.2) is 60.7 Å². The summed E-state index contributed by atoms with van der Waals surface area (Å²) in [5, 5.41) is 12.0. The maximum absolute atomic E-state index is 12.0. The third kappa shape index (κ3) is 7.61. The molecule has 1 aliphatic heterocycles. The summed E-state index contributed by atoms with van der Waals surface area (Å²) < 4.78 is 0. The molecule has 3 nitrogen and oxygen atoms in total.